The van der Waals surface area contributed by atoms with Crippen LogP contribution in [0.4, 0.5) is 5.69 Å². The van der Waals surface area contributed by atoms with Gasteiger partial charge in [0.2, 0.25) is 0 Å². The van der Waals surface area contributed by atoms with Crippen LogP contribution in [0.1, 0.15) is 23.6 Å². The molecule has 2 rings (SSSR count). The predicted molar refractivity (Wildman–Crippen MR) is 84.7 cm³/mol. The van der Waals surface area contributed by atoms with Crippen molar-refractivity contribution in [1.29, 1.82) is 0 Å². The number of benzene rings is 2. The van der Waals surface area contributed by atoms with Gasteiger partial charge in [-0.15, -0.1) is 0 Å². The molecule has 0 radical (unpaired) electrons. The Morgan fingerprint density at radius 2 is 1.37 bits per heavy atom. The second-order valence-corrected chi connectivity index (χ2v) is 4.98. The monoisotopic (exact) mass is 251 g/mol. The molecule has 0 fully saturated rings. The maximum absolute atomic E-state index is 2.20. The van der Waals surface area contributed by atoms with Crippen LogP contribution in [-0.2, 0) is 6.42 Å². The Hall–Kier alpha value is -2.02. The lowest BCUT2D eigenvalue weighted by Crippen LogP contribution is -2.08. The van der Waals surface area contributed by atoms with Crippen molar-refractivity contribution in [1.82, 2.24) is 0 Å². The normalized spacial score (nSPS) is 10.9. The number of allylic oxidation sites excluding steroid dienone is 1. The molecule has 1 nitrogen and oxygen atoms in total. The fourth-order valence-electron chi connectivity index (χ4n) is 2.09. The van der Waals surface area contributed by atoms with E-state index in [1.54, 1.807) is 0 Å². The summed E-state index contributed by atoms with van der Waals surface area (Å²) in [7, 11) is 4.13. The molecule has 0 atom stereocenters. The number of nitrogens with zero attached hydrogens (tertiary/aromatic N) is 1. The summed E-state index contributed by atoms with van der Waals surface area (Å²) in [6.07, 6.45) is 5.18. The van der Waals surface area contributed by atoms with Crippen LogP contribution in [0.25, 0.3) is 6.08 Å². The van der Waals surface area contributed by atoms with Gasteiger partial charge in [0.15, 0.2) is 0 Å². The Bertz CT molecular complexity index is 533. The second kappa shape index (κ2) is 6.24. The zero-order valence-corrected chi connectivity index (χ0v) is 11.9. The second-order valence-electron chi connectivity index (χ2n) is 4.98. The van der Waals surface area contributed by atoms with Crippen molar-refractivity contribution >= 4 is 11.8 Å². The molecular formula is C18H21N. The van der Waals surface area contributed by atoms with E-state index < -0.39 is 0 Å². The molecule has 0 saturated heterocycles. The number of hydrogen-bond donors (Lipinski definition) is 0. The summed E-state index contributed by atoms with van der Waals surface area (Å²) in [6, 6.07) is 17.5. The van der Waals surface area contributed by atoms with Gasteiger partial charge in [-0.3, -0.25) is 0 Å². The fraction of sp³-hybridized carbons (Fsp3) is 0.222. The van der Waals surface area contributed by atoms with E-state index in [2.05, 4.69) is 79.7 Å². The van der Waals surface area contributed by atoms with Crippen molar-refractivity contribution < 1.29 is 0 Å². The van der Waals surface area contributed by atoms with Gasteiger partial charge in [-0.25, -0.2) is 0 Å². The van der Waals surface area contributed by atoms with E-state index in [0.717, 1.165) is 6.42 Å². The van der Waals surface area contributed by atoms with Gasteiger partial charge in [-0.2, -0.15) is 0 Å². The average molecular weight is 251 g/mol. The Kier molecular flexibility index (Phi) is 4.40. The molecule has 0 aromatic heterocycles. The first-order chi connectivity index (χ1) is 9.19. The highest BCUT2D eigenvalue weighted by Gasteiger charge is 1.98. The molecular weight excluding hydrogens is 230 g/mol. The third-order valence-corrected chi connectivity index (χ3v) is 3.20. The van der Waals surface area contributed by atoms with Gasteiger partial charge < -0.3 is 4.90 Å². The van der Waals surface area contributed by atoms with E-state index in [4.69, 9.17) is 0 Å². The summed E-state index contributed by atoms with van der Waals surface area (Å²) in [4.78, 5) is 2.12. The van der Waals surface area contributed by atoms with Crippen LogP contribution in [0, 0.1) is 0 Å². The molecule has 0 aliphatic heterocycles. The van der Waals surface area contributed by atoms with Crippen molar-refractivity contribution in [2.45, 2.75) is 13.3 Å². The minimum Gasteiger partial charge on any atom is -0.378 e. The number of hydrogen-bond acceptors (Lipinski definition) is 1. The summed E-state index contributed by atoms with van der Waals surface area (Å²) in [5.74, 6) is 0. The van der Waals surface area contributed by atoms with Crippen LogP contribution < -0.4 is 4.90 Å². The van der Waals surface area contributed by atoms with Gasteiger partial charge in [0.1, 0.15) is 0 Å². The first kappa shape index (κ1) is 13.4. The van der Waals surface area contributed by atoms with Crippen molar-refractivity contribution in [2.24, 2.45) is 0 Å². The molecule has 0 aliphatic rings. The fourth-order valence-corrected chi connectivity index (χ4v) is 2.09. The molecule has 98 valence electrons. The van der Waals surface area contributed by atoms with E-state index >= 15 is 0 Å². The van der Waals surface area contributed by atoms with E-state index in [1.165, 1.54) is 22.4 Å². The number of anilines is 1. The zero-order valence-electron chi connectivity index (χ0n) is 11.9. The first-order valence-electron chi connectivity index (χ1n) is 6.67. The summed E-state index contributed by atoms with van der Waals surface area (Å²) in [5.41, 5.74) is 5.21. The number of rotatable bonds is 4. The van der Waals surface area contributed by atoms with E-state index in [9.17, 15) is 0 Å². The van der Waals surface area contributed by atoms with Crippen LogP contribution in [0.2, 0.25) is 0 Å². The Labute approximate surface area is 116 Å². The molecule has 0 bridgehead atoms. The lowest BCUT2D eigenvalue weighted by molar-refractivity contribution is 1.12. The molecule has 0 amide bonds. The highest BCUT2D eigenvalue weighted by Crippen LogP contribution is 2.16. The summed E-state index contributed by atoms with van der Waals surface area (Å²) in [5, 5.41) is 0. The topological polar surface area (TPSA) is 3.24 Å². The van der Waals surface area contributed by atoms with Crippen LogP contribution >= 0.6 is 0 Å². The minimum absolute atomic E-state index is 0.990. The maximum atomic E-state index is 2.20. The molecule has 0 heterocycles. The van der Waals surface area contributed by atoms with Crippen molar-refractivity contribution in [3.05, 3.63) is 71.3 Å². The Morgan fingerprint density at radius 3 is 1.84 bits per heavy atom. The molecule has 0 spiro atoms. The summed E-state index contributed by atoms with van der Waals surface area (Å²) >= 11 is 0. The van der Waals surface area contributed by atoms with Crippen LogP contribution in [0.5, 0.6) is 0 Å². The SMILES string of the molecule is CC=Cc1ccc(Cc2ccc(N(C)C)cc2)cc1. The molecule has 0 saturated carbocycles. The summed E-state index contributed by atoms with van der Waals surface area (Å²) in [6.45, 7) is 2.04. The van der Waals surface area contributed by atoms with Gasteiger partial charge in [-0.1, -0.05) is 48.6 Å². The van der Waals surface area contributed by atoms with Gasteiger partial charge in [0.05, 0.1) is 0 Å². The maximum Gasteiger partial charge on any atom is 0.0361 e. The van der Waals surface area contributed by atoms with Crippen molar-refractivity contribution in [3.63, 3.8) is 0 Å². The van der Waals surface area contributed by atoms with Crippen LogP contribution in [-0.4, -0.2) is 14.1 Å². The first-order valence-corrected chi connectivity index (χ1v) is 6.67. The predicted octanol–water partition coefficient (Wildman–Crippen LogP) is 4.38. The van der Waals surface area contributed by atoms with Gasteiger partial charge in [0, 0.05) is 19.8 Å². The van der Waals surface area contributed by atoms with Crippen molar-refractivity contribution in [3.8, 4) is 0 Å². The minimum atomic E-state index is 0.990. The average Bonchev–Trinajstić information content (AvgIpc) is 2.42. The standard InChI is InChI=1S/C18H21N/c1-4-5-15-6-8-16(9-7-15)14-17-10-12-18(13-11-17)19(2)3/h4-13H,14H2,1-3H3. The van der Waals surface area contributed by atoms with Gasteiger partial charge in [-0.05, 0) is 42.2 Å². The Balaban J connectivity index is 2.08. The molecule has 0 unspecified atom stereocenters. The lowest BCUT2D eigenvalue weighted by atomic mass is 10.0. The largest absolute Gasteiger partial charge is 0.378 e. The smallest absolute Gasteiger partial charge is 0.0361 e. The quantitative estimate of drug-likeness (QED) is 0.779. The summed E-state index contributed by atoms with van der Waals surface area (Å²) < 4.78 is 0. The molecule has 1 heteroatoms. The highest BCUT2D eigenvalue weighted by atomic mass is 15.1. The van der Waals surface area contributed by atoms with Crippen LogP contribution in [0.15, 0.2) is 54.6 Å². The molecule has 19 heavy (non-hydrogen) atoms. The molecule has 0 N–H and O–H groups in total. The Morgan fingerprint density at radius 1 is 0.842 bits per heavy atom. The van der Waals surface area contributed by atoms with Gasteiger partial charge >= 0.3 is 0 Å². The van der Waals surface area contributed by atoms with E-state index in [-0.39, 0.29) is 0 Å². The van der Waals surface area contributed by atoms with E-state index in [1.807, 2.05) is 6.92 Å². The molecule has 2 aromatic rings. The van der Waals surface area contributed by atoms with Crippen molar-refractivity contribution in [2.75, 3.05) is 19.0 Å². The third-order valence-electron chi connectivity index (χ3n) is 3.20. The van der Waals surface area contributed by atoms with Crippen LogP contribution in [0.3, 0.4) is 0 Å². The van der Waals surface area contributed by atoms with E-state index in [0.29, 0.717) is 0 Å². The lowest BCUT2D eigenvalue weighted by Gasteiger charge is -2.12. The third kappa shape index (κ3) is 3.72. The molecule has 2 aromatic carbocycles. The highest BCUT2D eigenvalue weighted by molar-refractivity contribution is 5.50. The molecule has 0 aliphatic carbocycles. The zero-order chi connectivity index (χ0) is 13.7. The van der Waals surface area contributed by atoms with Gasteiger partial charge in [0.25, 0.3) is 0 Å².